The number of aliphatic hydroxyl groups is 1. The first-order chi connectivity index (χ1) is 8.65. The van der Waals surface area contributed by atoms with Gasteiger partial charge in [-0.2, -0.15) is 0 Å². The monoisotopic (exact) mass is 249 g/mol. The summed E-state index contributed by atoms with van der Waals surface area (Å²) in [5.74, 6) is -2.00. The van der Waals surface area contributed by atoms with Crippen molar-refractivity contribution < 1.29 is 13.9 Å². The number of benzene rings is 1. The van der Waals surface area contributed by atoms with Crippen LogP contribution in [0.3, 0.4) is 0 Å². The van der Waals surface area contributed by atoms with Crippen LogP contribution in [-0.4, -0.2) is 10.1 Å². The topological polar surface area (TPSA) is 33.1 Å². The van der Waals surface area contributed by atoms with E-state index in [0.717, 1.165) is 11.6 Å². The molecular weight excluding hydrogens is 236 g/mol. The zero-order chi connectivity index (χ0) is 13.1. The number of hydrogen-bond acceptors (Lipinski definition) is 2. The highest BCUT2D eigenvalue weighted by Gasteiger charge is 2.20. The lowest BCUT2D eigenvalue weighted by Gasteiger charge is -2.14. The summed E-state index contributed by atoms with van der Waals surface area (Å²) in [6.07, 6.45) is 0.934. The highest BCUT2D eigenvalue weighted by Crippen LogP contribution is 2.26. The number of nitrogens with zero attached hydrogens (tertiary/aromatic N) is 1. The van der Waals surface area contributed by atoms with Crippen LogP contribution in [0.2, 0.25) is 0 Å². The molecule has 0 fully saturated rings. The van der Waals surface area contributed by atoms with E-state index in [1.165, 1.54) is 18.3 Å². The average Bonchev–Trinajstić information content (AvgIpc) is 2.41. The van der Waals surface area contributed by atoms with E-state index in [-0.39, 0.29) is 5.56 Å². The highest BCUT2D eigenvalue weighted by molar-refractivity contribution is 5.32. The summed E-state index contributed by atoms with van der Waals surface area (Å²) in [5.41, 5.74) is 1.08. The summed E-state index contributed by atoms with van der Waals surface area (Å²) >= 11 is 0. The fraction of sp³-hybridized carbons (Fsp3) is 0.214. The van der Waals surface area contributed by atoms with Crippen molar-refractivity contribution in [3.63, 3.8) is 0 Å². The third kappa shape index (κ3) is 2.24. The van der Waals surface area contributed by atoms with E-state index < -0.39 is 17.7 Å². The van der Waals surface area contributed by atoms with Gasteiger partial charge in [-0.25, -0.2) is 8.78 Å². The van der Waals surface area contributed by atoms with Crippen molar-refractivity contribution in [3.8, 4) is 0 Å². The molecule has 1 N–H and O–H groups in total. The fourth-order valence-electron chi connectivity index (χ4n) is 1.87. The standard InChI is InChI=1S/C14H13F2NO/c1-2-9-5-4-8-17-13(9)14(18)10-6-3-7-11(15)12(10)16/h3-8,14,18H,2H2,1H3. The molecule has 0 spiro atoms. The van der Waals surface area contributed by atoms with Gasteiger partial charge in [0.2, 0.25) is 0 Å². The second-order valence-electron chi connectivity index (χ2n) is 3.95. The molecule has 0 aliphatic rings. The summed E-state index contributed by atoms with van der Waals surface area (Å²) in [6, 6.07) is 7.30. The average molecular weight is 249 g/mol. The van der Waals surface area contributed by atoms with Crippen LogP contribution in [0.1, 0.15) is 29.8 Å². The van der Waals surface area contributed by atoms with Crippen LogP contribution in [0.15, 0.2) is 36.5 Å². The zero-order valence-corrected chi connectivity index (χ0v) is 9.90. The molecule has 0 aliphatic heterocycles. The quantitative estimate of drug-likeness (QED) is 0.907. The Bertz CT molecular complexity index is 557. The van der Waals surface area contributed by atoms with E-state index in [0.29, 0.717) is 12.1 Å². The van der Waals surface area contributed by atoms with E-state index in [1.54, 1.807) is 6.07 Å². The second kappa shape index (κ2) is 5.23. The van der Waals surface area contributed by atoms with Gasteiger partial charge in [0.15, 0.2) is 11.6 Å². The molecule has 0 radical (unpaired) electrons. The largest absolute Gasteiger partial charge is 0.382 e. The van der Waals surface area contributed by atoms with Crippen molar-refractivity contribution in [2.45, 2.75) is 19.4 Å². The molecule has 2 aromatic rings. The summed E-state index contributed by atoms with van der Waals surface area (Å²) in [6.45, 7) is 1.91. The lowest BCUT2D eigenvalue weighted by atomic mass is 10.0. The van der Waals surface area contributed by atoms with Crippen molar-refractivity contribution in [3.05, 3.63) is 65.0 Å². The lowest BCUT2D eigenvalue weighted by molar-refractivity contribution is 0.207. The van der Waals surface area contributed by atoms with Gasteiger partial charge >= 0.3 is 0 Å². The van der Waals surface area contributed by atoms with E-state index in [2.05, 4.69) is 4.98 Å². The van der Waals surface area contributed by atoms with Crippen molar-refractivity contribution in [1.29, 1.82) is 0 Å². The van der Waals surface area contributed by atoms with E-state index >= 15 is 0 Å². The van der Waals surface area contributed by atoms with E-state index in [1.807, 2.05) is 13.0 Å². The number of pyridine rings is 1. The molecule has 2 rings (SSSR count). The molecule has 1 unspecified atom stereocenters. The van der Waals surface area contributed by atoms with Crippen LogP contribution >= 0.6 is 0 Å². The van der Waals surface area contributed by atoms with Crippen LogP contribution in [0.25, 0.3) is 0 Å². The van der Waals surface area contributed by atoms with Gasteiger partial charge in [-0.3, -0.25) is 4.98 Å². The number of aryl methyl sites for hydroxylation is 1. The number of halogens is 2. The van der Waals surface area contributed by atoms with Gasteiger partial charge in [0.1, 0.15) is 6.10 Å². The zero-order valence-electron chi connectivity index (χ0n) is 9.90. The minimum atomic E-state index is -1.25. The second-order valence-corrected chi connectivity index (χ2v) is 3.95. The van der Waals surface area contributed by atoms with Crippen molar-refractivity contribution in [2.75, 3.05) is 0 Å². The molecule has 0 aliphatic carbocycles. The molecule has 2 nitrogen and oxygen atoms in total. The maximum Gasteiger partial charge on any atom is 0.165 e. The number of rotatable bonds is 3. The molecule has 1 aromatic heterocycles. The lowest BCUT2D eigenvalue weighted by Crippen LogP contribution is -2.08. The molecular formula is C14H13F2NO. The first-order valence-electron chi connectivity index (χ1n) is 5.71. The first-order valence-corrected chi connectivity index (χ1v) is 5.71. The minimum absolute atomic E-state index is 0.0941. The van der Waals surface area contributed by atoms with Gasteiger partial charge in [-0.15, -0.1) is 0 Å². The fourth-order valence-corrected chi connectivity index (χ4v) is 1.87. The predicted octanol–water partition coefficient (Wildman–Crippen LogP) is 3.00. The van der Waals surface area contributed by atoms with Gasteiger partial charge < -0.3 is 5.11 Å². The highest BCUT2D eigenvalue weighted by atomic mass is 19.2. The maximum absolute atomic E-state index is 13.6. The van der Waals surface area contributed by atoms with E-state index in [4.69, 9.17) is 0 Å². The summed E-state index contributed by atoms with van der Waals surface area (Å²) in [7, 11) is 0. The van der Waals surface area contributed by atoms with Gasteiger partial charge in [-0.05, 0) is 24.1 Å². The van der Waals surface area contributed by atoms with Gasteiger partial charge in [0.25, 0.3) is 0 Å². The first kappa shape index (κ1) is 12.6. The van der Waals surface area contributed by atoms with Crippen molar-refractivity contribution >= 4 is 0 Å². The number of aromatic nitrogens is 1. The van der Waals surface area contributed by atoms with Gasteiger partial charge in [0.05, 0.1) is 5.69 Å². The van der Waals surface area contributed by atoms with Crippen LogP contribution < -0.4 is 0 Å². The Hall–Kier alpha value is -1.81. The maximum atomic E-state index is 13.6. The third-order valence-electron chi connectivity index (χ3n) is 2.84. The predicted molar refractivity (Wildman–Crippen MR) is 64.0 cm³/mol. The van der Waals surface area contributed by atoms with Crippen LogP contribution in [0.4, 0.5) is 8.78 Å². The summed E-state index contributed by atoms with van der Waals surface area (Å²) < 4.78 is 26.7. The minimum Gasteiger partial charge on any atom is -0.382 e. The van der Waals surface area contributed by atoms with Crippen molar-refractivity contribution in [2.24, 2.45) is 0 Å². The van der Waals surface area contributed by atoms with Crippen LogP contribution in [0, 0.1) is 11.6 Å². The SMILES string of the molecule is CCc1cccnc1C(O)c1cccc(F)c1F. The molecule has 1 atom stereocenters. The molecule has 0 saturated heterocycles. The molecule has 0 saturated carbocycles. The van der Waals surface area contributed by atoms with Crippen LogP contribution in [-0.2, 0) is 6.42 Å². The molecule has 18 heavy (non-hydrogen) atoms. The van der Waals surface area contributed by atoms with Gasteiger partial charge in [-0.1, -0.05) is 25.1 Å². The number of aliphatic hydroxyl groups excluding tert-OH is 1. The number of hydrogen-bond donors (Lipinski definition) is 1. The van der Waals surface area contributed by atoms with Crippen LogP contribution in [0.5, 0.6) is 0 Å². The summed E-state index contributed by atoms with van der Waals surface area (Å²) in [5, 5.41) is 10.1. The Labute approximate surface area is 104 Å². The smallest absolute Gasteiger partial charge is 0.165 e. The normalized spacial score (nSPS) is 12.4. The molecule has 0 bridgehead atoms. The van der Waals surface area contributed by atoms with Crippen molar-refractivity contribution in [1.82, 2.24) is 4.98 Å². The van der Waals surface area contributed by atoms with Gasteiger partial charge in [0, 0.05) is 11.8 Å². The molecule has 1 heterocycles. The Balaban J connectivity index is 2.48. The Morgan fingerprint density at radius 2 is 2.00 bits per heavy atom. The molecule has 94 valence electrons. The Morgan fingerprint density at radius 1 is 1.22 bits per heavy atom. The molecule has 0 amide bonds. The van der Waals surface area contributed by atoms with E-state index in [9.17, 15) is 13.9 Å². The molecule has 1 aromatic carbocycles. The Kier molecular flexibility index (Phi) is 3.67. The summed E-state index contributed by atoms with van der Waals surface area (Å²) in [4.78, 5) is 4.06. The molecule has 4 heteroatoms. The Morgan fingerprint density at radius 3 is 2.72 bits per heavy atom. The third-order valence-corrected chi connectivity index (χ3v) is 2.84.